The zero-order valence-corrected chi connectivity index (χ0v) is 14.6. The van der Waals surface area contributed by atoms with E-state index in [1.165, 1.54) is 5.56 Å². The molecule has 1 heterocycles. The predicted molar refractivity (Wildman–Crippen MR) is 99.4 cm³/mol. The average Bonchev–Trinajstić information content (AvgIpc) is 2.67. The Hall–Kier alpha value is -2.35. The Labute approximate surface area is 150 Å². The Morgan fingerprint density at radius 2 is 1.56 bits per heavy atom. The quantitative estimate of drug-likeness (QED) is 0.729. The molecule has 25 heavy (non-hydrogen) atoms. The summed E-state index contributed by atoms with van der Waals surface area (Å²) < 4.78 is 5.76. The maximum atomic E-state index is 9.07. The summed E-state index contributed by atoms with van der Waals surface area (Å²) in [5.41, 5.74) is 2.00. The van der Waals surface area contributed by atoms with Gasteiger partial charge in [-0.25, -0.2) is 0 Å². The highest BCUT2D eigenvalue weighted by molar-refractivity contribution is 5.42. The highest BCUT2D eigenvalue weighted by Gasteiger charge is 2.16. The van der Waals surface area contributed by atoms with Crippen molar-refractivity contribution in [3.05, 3.63) is 65.7 Å². The molecule has 1 aliphatic heterocycles. The number of piperazine rings is 1. The molecule has 0 atom stereocenters. The second kappa shape index (κ2) is 9.22. The average molecular weight is 335 g/mol. The van der Waals surface area contributed by atoms with Gasteiger partial charge in [0.25, 0.3) is 0 Å². The summed E-state index contributed by atoms with van der Waals surface area (Å²) in [6.07, 6.45) is 0.985. The van der Waals surface area contributed by atoms with E-state index in [-0.39, 0.29) is 0 Å². The minimum Gasteiger partial charge on any atom is -0.492 e. The van der Waals surface area contributed by atoms with Crippen LogP contribution >= 0.6 is 0 Å². The van der Waals surface area contributed by atoms with Gasteiger partial charge in [-0.3, -0.25) is 4.90 Å². The second-order valence-electron chi connectivity index (χ2n) is 6.41. The molecule has 1 fully saturated rings. The third-order valence-electron chi connectivity index (χ3n) is 4.60. The summed E-state index contributed by atoms with van der Waals surface area (Å²) in [7, 11) is 0. The summed E-state index contributed by atoms with van der Waals surface area (Å²) in [6.45, 7) is 7.21. The summed E-state index contributed by atoms with van der Waals surface area (Å²) in [5, 5.41) is 9.07. The largest absolute Gasteiger partial charge is 0.492 e. The molecule has 1 aliphatic rings. The first-order valence-corrected chi connectivity index (χ1v) is 8.96. The zero-order valence-electron chi connectivity index (χ0n) is 14.6. The maximum Gasteiger partial charge on any atom is 0.137 e. The van der Waals surface area contributed by atoms with Crippen LogP contribution in [0.2, 0.25) is 0 Å². The van der Waals surface area contributed by atoms with Gasteiger partial charge in [0.05, 0.1) is 12.2 Å². The Morgan fingerprint density at radius 3 is 2.32 bits per heavy atom. The Bertz CT molecular complexity index is 688. The van der Waals surface area contributed by atoms with Gasteiger partial charge < -0.3 is 9.64 Å². The molecule has 0 saturated carbocycles. The predicted octanol–water partition coefficient (Wildman–Crippen LogP) is 3.14. The van der Waals surface area contributed by atoms with Crippen LogP contribution in [0.25, 0.3) is 0 Å². The van der Waals surface area contributed by atoms with E-state index in [4.69, 9.17) is 10.00 Å². The van der Waals surface area contributed by atoms with E-state index < -0.39 is 0 Å². The second-order valence-corrected chi connectivity index (χ2v) is 6.41. The van der Waals surface area contributed by atoms with Crippen LogP contribution in [-0.2, 0) is 6.54 Å². The molecule has 3 rings (SSSR count). The number of nitrogens with zero attached hydrogens (tertiary/aromatic N) is 3. The van der Waals surface area contributed by atoms with Crippen molar-refractivity contribution in [2.24, 2.45) is 0 Å². The van der Waals surface area contributed by atoms with Gasteiger partial charge in [-0.05, 0) is 24.1 Å². The molecule has 2 aromatic rings. The minimum atomic E-state index is 0.608. The van der Waals surface area contributed by atoms with Gasteiger partial charge in [0.15, 0.2) is 0 Å². The fraction of sp³-hybridized carbons (Fsp3) is 0.381. The first-order valence-electron chi connectivity index (χ1n) is 8.96. The van der Waals surface area contributed by atoms with E-state index in [1.54, 1.807) is 6.07 Å². The van der Waals surface area contributed by atoms with Crippen molar-refractivity contribution in [1.82, 2.24) is 9.80 Å². The molecule has 2 aromatic carbocycles. The van der Waals surface area contributed by atoms with E-state index in [0.717, 1.165) is 45.7 Å². The summed E-state index contributed by atoms with van der Waals surface area (Å²) in [4.78, 5) is 5.02. The minimum absolute atomic E-state index is 0.608. The molecular weight excluding hydrogens is 310 g/mol. The van der Waals surface area contributed by atoms with Crippen LogP contribution in [0.15, 0.2) is 54.6 Å². The van der Waals surface area contributed by atoms with Crippen molar-refractivity contribution >= 4 is 0 Å². The fourth-order valence-corrected chi connectivity index (χ4v) is 3.17. The summed E-state index contributed by atoms with van der Waals surface area (Å²) in [6, 6.07) is 20.3. The number of benzene rings is 2. The lowest BCUT2D eigenvalue weighted by atomic mass is 10.2. The van der Waals surface area contributed by atoms with E-state index in [0.29, 0.717) is 17.9 Å². The third kappa shape index (κ3) is 5.32. The first-order chi connectivity index (χ1) is 12.3. The molecule has 0 aromatic heterocycles. The normalized spacial score (nSPS) is 15.6. The highest BCUT2D eigenvalue weighted by atomic mass is 16.5. The highest BCUT2D eigenvalue weighted by Crippen LogP contribution is 2.16. The van der Waals surface area contributed by atoms with Crippen molar-refractivity contribution in [3.8, 4) is 11.8 Å². The zero-order chi connectivity index (χ0) is 17.3. The number of ether oxygens (including phenoxy) is 1. The lowest BCUT2D eigenvalue weighted by Gasteiger charge is -2.34. The van der Waals surface area contributed by atoms with Crippen LogP contribution in [0.4, 0.5) is 0 Å². The van der Waals surface area contributed by atoms with E-state index in [9.17, 15) is 0 Å². The Kier molecular flexibility index (Phi) is 6.44. The standard InChI is InChI=1S/C21H25N3O/c22-17-20-9-4-5-10-21(20)25-16-6-11-23-12-14-24(15-13-23)18-19-7-2-1-3-8-19/h1-5,7-10H,6,11-16,18H2. The van der Waals surface area contributed by atoms with E-state index in [2.05, 4.69) is 46.2 Å². The smallest absolute Gasteiger partial charge is 0.137 e. The number of hydrogen-bond donors (Lipinski definition) is 0. The Morgan fingerprint density at radius 1 is 0.880 bits per heavy atom. The van der Waals surface area contributed by atoms with Gasteiger partial charge in [0.2, 0.25) is 0 Å². The summed E-state index contributed by atoms with van der Waals surface area (Å²) >= 11 is 0. The van der Waals surface area contributed by atoms with Crippen molar-refractivity contribution in [2.45, 2.75) is 13.0 Å². The molecule has 1 saturated heterocycles. The number of hydrogen-bond acceptors (Lipinski definition) is 4. The molecular formula is C21H25N3O. The van der Waals surface area contributed by atoms with Crippen LogP contribution in [0.1, 0.15) is 17.5 Å². The summed E-state index contributed by atoms with van der Waals surface area (Å²) in [5.74, 6) is 0.692. The van der Waals surface area contributed by atoms with Gasteiger partial charge in [0, 0.05) is 39.3 Å². The van der Waals surface area contributed by atoms with Gasteiger partial charge in [-0.15, -0.1) is 0 Å². The van der Waals surface area contributed by atoms with Crippen molar-refractivity contribution in [2.75, 3.05) is 39.3 Å². The van der Waals surface area contributed by atoms with Crippen LogP contribution in [0.5, 0.6) is 5.75 Å². The number of nitriles is 1. The van der Waals surface area contributed by atoms with E-state index >= 15 is 0 Å². The molecule has 0 spiro atoms. The Balaban J connectivity index is 1.34. The molecule has 0 aliphatic carbocycles. The van der Waals surface area contributed by atoms with E-state index in [1.807, 2.05) is 18.2 Å². The van der Waals surface area contributed by atoms with Crippen molar-refractivity contribution in [1.29, 1.82) is 5.26 Å². The molecule has 0 radical (unpaired) electrons. The maximum absolute atomic E-state index is 9.07. The molecule has 4 nitrogen and oxygen atoms in total. The molecule has 0 bridgehead atoms. The molecule has 0 unspecified atom stereocenters. The van der Waals surface area contributed by atoms with Crippen LogP contribution in [0, 0.1) is 11.3 Å². The monoisotopic (exact) mass is 335 g/mol. The van der Waals surface area contributed by atoms with Crippen molar-refractivity contribution < 1.29 is 4.74 Å². The number of para-hydroxylation sites is 1. The first kappa shape index (κ1) is 17.5. The van der Waals surface area contributed by atoms with Gasteiger partial charge >= 0.3 is 0 Å². The molecule has 130 valence electrons. The molecule has 0 amide bonds. The van der Waals surface area contributed by atoms with Crippen molar-refractivity contribution in [3.63, 3.8) is 0 Å². The molecule has 0 N–H and O–H groups in total. The van der Waals surface area contributed by atoms with Crippen LogP contribution in [0.3, 0.4) is 0 Å². The lowest BCUT2D eigenvalue weighted by molar-refractivity contribution is 0.121. The SMILES string of the molecule is N#Cc1ccccc1OCCCN1CCN(Cc2ccccc2)CC1. The van der Waals surface area contributed by atoms with Gasteiger partial charge in [0.1, 0.15) is 11.8 Å². The van der Waals surface area contributed by atoms with Gasteiger partial charge in [-0.1, -0.05) is 42.5 Å². The third-order valence-corrected chi connectivity index (χ3v) is 4.60. The lowest BCUT2D eigenvalue weighted by Crippen LogP contribution is -2.46. The topological polar surface area (TPSA) is 39.5 Å². The fourth-order valence-electron chi connectivity index (χ4n) is 3.17. The van der Waals surface area contributed by atoms with Crippen LogP contribution in [-0.4, -0.2) is 49.1 Å². The molecule has 4 heteroatoms. The van der Waals surface area contributed by atoms with Gasteiger partial charge in [-0.2, -0.15) is 5.26 Å². The van der Waals surface area contributed by atoms with Crippen LogP contribution < -0.4 is 4.74 Å². The number of rotatable bonds is 7.